The quantitative estimate of drug-likeness (QED) is 0.430. The minimum absolute atomic E-state index is 0.172. The van der Waals surface area contributed by atoms with Gasteiger partial charge in [0.1, 0.15) is 24.2 Å². The number of rotatable bonds is 12. The second-order valence-corrected chi connectivity index (χ2v) is 7.44. The van der Waals surface area contributed by atoms with Crippen molar-refractivity contribution >= 4 is 12.4 Å². The van der Waals surface area contributed by atoms with E-state index in [1.54, 1.807) is 0 Å². The van der Waals surface area contributed by atoms with Crippen molar-refractivity contribution in [1.82, 2.24) is 5.32 Å². The molecule has 0 spiro atoms. The highest BCUT2D eigenvalue weighted by atomic mass is 16.6. The summed E-state index contributed by atoms with van der Waals surface area (Å²) < 4.78 is 16.2. The van der Waals surface area contributed by atoms with Crippen LogP contribution in [-0.4, -0.2) is 37.8 Å². The Morgan fingerprint density at radius 1 is 1.15 bits per heavy atom. The highest BCUT2D eigenvalue weighted by Crippen LogP contribution is 2.20. The number of nitrogens with one attached hydrogen (secondary N) is 1. The fourth-order valence-corrected chi connectivity index (χ4v) is 2.42. The fraction of sp³-hybridized carbons (Fsp3) is 0.619. The molecule has 6 heteroatoms. The molecule has 0 saturated carbocycles. The van der Waals surface area contributed by atoms with Crippen LogP contribution < -0.4 is 10.1 Å². The summed E-state index contributed by atoms with van der Waals surface area (Å²) in [6, 6.07) is 7.55. The molecule has 0 aromatic heterocycles. The molecule has 0 radical (unpaired) electrons. The zero-order chi connectivity index (χ0) is 20.1. The Kier molecular flexibility index (Phi) is 10.5. The van der Waals surface area contributed by atoms with Gasteiger partial charge >= 0.3 is 6.09 Å². The highest BCUT2D eigenvalue weighted by Gasteiger charge is 2.18. The van der Waals surface area contributed by atoms with Gasteiger partial charge in [0.15, 0.2) is 0 Å². The van der Waals surface area contributed by atoms with Gasteiger partial charge in [-0.05, 0) is 64.7 Å². The summed E-state index contributed by atoms with van der Waals surface area (Å²) in [6.07, 6.45) is 4.37. The van der Waals surface area contributed by atoms with Gasteiger partial charge < -0.3 is 24.3 Å². The largest absolute Gasteiger partial charge is 0.494 e. The van der Waals surface area contributed by atoms with E-state index in [2.05, 4.69) is 5.32 Å². The smallest absolute Gasteiger partial charge is 0.408 e. The minimum Gasteiger partial charge on any atom is -0.494 e. The molecule has 1 atom stereocenters. The number of aldehydes is 1. The molecule has 1 rings (SSSR count). The van der Waals surface area contributed by atoms with Gasteiger partial charge in [0, 0.05) is 6.61 Å². The predicted octanol–water partition coefficient (Wildman–Crippen LogP) is 4.43. The fourth-order valence-electron chi connectivity index (χ4n) is 2.42. The van der Waals surface area contributed by atoms with Crippen molar-refractivity contribution in [2.45, 2.75) is 65.0 Å². The first kappa shape index (κ1) is 23.0. The van der Waals surface area contributed by atoms with E-state index in [9.17, 15) is 9.59 Å². The summed E-state index contributed by atoms with van der Waals surface area (Å²) in [5, 5.41) is 2.83. The molecule has 152 valence electrons. The van der Waals surface area contributed by atoms with Crippen LogP contribution in [0.3, 0.4) is 0 Å². The minimum atomic E-state index is -0.518. The molecule has 0 fully saturated rings. The second kappa shape index (κ2) is 12.3. The number of benzene rings is 1. The molecular weight excluding hydrogens is 346 g/mol. The summed E-state index contributed by atoms with van der Waals surface area (Å²) in [5.74, 6) is 0.791. The lowest BCUT2D eigenvalue weighted by molar-refractivity contribution is -0.111. The Hall–Kier alpha value is -2.08. The zero-order valence-electron chi connectivity index (χ0n) is 17.0. The standard InChI is InChI=1S/C21H33NO5/c1-17(22-20(24)27-21(2,3)4)18-10-9-11-19(16-18)26-14-8-6-5-7-13-25-15-12-23/h9-12,16-17H,5-8,13-15H2,1-4H3,(H,22,24)/t17-/m1/s1. The van der Waals surface area contributed by atoms with Gasteiger partial charge in [-0.3, -0.25) is 0 Å². The number of carbonyl (C=O) groups is 2. The Morgan fingerprint density at radius 2 is 1.85 bits per heavy atom. The van der Waals surface area contributed by atoms with Gasteiger partial charge in [-0.1, -0.05) is 18.6 Å². The van der Waals surface area contributed by atoms with Crippen LogP contribution in [0.1, 0.15) is 65.0 Å². The summed E-state index contributed by atoms with van der Waals surface area (Å²) in [6.45, 7) is 8.88. The van der Waals surface area contributed by atoms with Gasteiger partial charge in [-0.2, -0.15) is 0 Å². The monoisotopic (exact) mass is 379 g/mol. The van der Waals surface area contributed by atoms with Gasteiger partial charge in [0.05, 0.1) is 12.6 Å². The summed E-state index contributed by atoms with van der Waals surface area (Å²) in [7, 11) is 0. The van der Waals surface area contributed by atoms with Crippen molar-refractivity contribution in [3.8, 4) is 5.75 Å². The van der Waals surface area contributed by atoms with Gasteiger partial charge in [-0.25, -0.2) is 4.79 Å². The number of alkyl carbamates (subject to hydrolysis) is 1. The first-order valence-corrected chi connectivity index (χ1v) is 9.55. The van der Waals surface area contributed by atoms with Crippen LogP contribution in [0, 0.1) is 0 Å². The maximum absolute atomic E-state index is 11.9. The van der Waals surface area contributed by atoms with E-state index in [0.717, 1.165) is 43.3 Å². The molecule has 0 aliphatic carbocycles. The van der Waals surface area contributed by atoms with Crippen molar-refractivity contribution < 1.29 is 23.8 Å². The van der Waals surface area contributed by atoms with Crippen molar-refractivity contribution in [2.24, 2.45) is 0 Å². The Morgan fingerprint density at radius 3 is 2.52 bits per heavy atom. The van der Waals surface area contributed by atoms with Crippen molar-refractivity contribution in [1.29, 1.82) is 0 Å². The Labute approximate surface area is 162 Å². The number of hydrogen-bond donors (Lipinski definition) is 1. The Balaban J connectivity index is 2.30. The van der Waals surface area contributed by atoms with Gasteiger partial charge in [0.25, 0.3) is 0 Å². The van der Waals surface area contributed by atoms with E-state index in [4.69, 9.17) is 14.2 Å². The van der Waals surface area contributed by atoms with E-state index in [0.29, 0.717) is 13.2 Å². The lowest BCUT2D eigenvalue weighted by Crippen LogP contribution is -2.34. The molecule has 1 amide bonds. The number of ether oxygens (including phenoxy) is 3. The molecule has 0 saturated heterocycles. The lowest BCUT2D eigenvalue weighted by atomic mass is 10.1. The third-order valence-electron chi connectivity index (χ3n) is 3.73. The van der Waals surface area contributed by atoms with E-state index < -0.39 is 11.7 Å². The summed E-state index contributed by atoms with van der Waals surface area (Å²) in [4.78, 5) is 22.0. The Bertz CT molecular complexity index is 568. The third-order valence-corrected chi connectivity index (χ3v) is 3.73. The molecule has 1 N–H and O–H groups in total. The molecule has 0 unspecified atom stereocenters. The summed E-state index contributed by atoms with van der Waals surface area (Å²) in [5.41, 5.74) is 0.445. The second-order valence-electron chi connectivity index (χ2n) is 7.44. The number of hydrogen-bond acceptors (Lipinski definition) is 5. The normalized spacial score (nSPS) is 12.3. The predicted molar refractivity (Wildman–Crippen MR) is 105 cm³/mol. The van der Waals surface area contributed by atoms with E-state index in [-0.39, 0.29) is 12.6 Å². The van der Waals surface area contributed by atoms with Crippen LogP contribution in [0.2, 0.25) is 0 Å². The first-order valence-electron chi connectivity index (χ1n) is 9.55. The van der Waals surface area contributed by atoms with Gasteiger partial charge in [-0.15, -0.1) is 0 Å². The molecule has 1 aromatic rings. The topological polar surface area (TPSA) is 73.9 Å². The molecule has 0 aliphatic rings. The number of carbonyl (C=O) groups excluding carboxylic acids is 2. The molecular formula is C21H33NO5. The van der Waals surface area contributed by atoms with Crippen molar-refractivity contribution in [3.63, 3.8) is 0 Å². The SMILES string of the molecule is C[C@@H](NC(=O)OC(C)(C)C)c1cccc(OCCCCCCOCC=O)c1. The summed E-state index contributed by atoms with van der Waals surface area (Å²) >= 11 is 0. The van der Waals surface area contributed by atoms with Crippen LogP contribution in [0.4, 0.5) is 4.79 Å². The first-order chi connectivity index (χ1) is 12.8. The average Bonchev–Trinajstić information content (AvgIpc) is 2.59. The van der Waals surface area contributed by atoms with Gasteiger partial charge in [0.2, 0.25) is 0 Å². The highest BCUT2D eigenvalue weighted by molar-refractivity contribution is 5.68. The number of amides is 1. The average molecular weight is 379 g/mol. The van der Waals surface area contributed by atoms with E-state index >= 15 is 0 Å². The van der Waals surface area contributed by atoms with Crippen LogP contribution in [0.15, 0.2) is 24.3 Å². The van der Waals surface area contributed by atoms with Crippen LogP contribution in [0.25, 0.3) is 0 Å². The zero-order valence-corrected chi connectivity index (χ0v) is 17.0. The van der Waals surface area contributed by atoms with Crippen molar-refractivity contribution in [3.05, 3.63) is 29.8 Å². The maximum Gasteiger partial charge on any atom is 0.408 e. The molecule has 0 bridgehead atoms. The van der Waals surface area contributed by atoms with Crippen molar-refractivity contribution in [2.75, 3.05) is 19.8 Å². The van der Waals surface area contributed by atoms with Crippen LogP contribution in [0.5, 0.6) is 5.75 Å². The molecule has 0 aliphatic heterocycles. The molecule has 27 heavy (non-hydrogen) atoms. The van der Waals surface area contributed by atoms with E-state index in [1.165, 1.54) is 0 Å². The number of unbranched alkanes of at least 4 members (excludes halogenated alkanes) is 3. The van der Waals surface area contributed by atoms with E-state index in [1.807, 2.05) is 52.0 Å². The molecule has 1 aromatic carbocycles. The molecule has 6 nitrogen and oxygen atoms in total. The van der Waals surface area contributed by atoms with Crippen LogP contribution >= 0.6 is 0 Å². The third kappa shape index (κ3) is 11.3. The van der Waals surface area contributed by atoms with Crippen LogP contribution in [-0.2, 0) is 14.3 Å². The molecule has 0 heterocycles. The maximum atomic E-state index is 11.9. The lowest BCUT2D eigenvalue weighted by Gasteiger charge is -2.22.